The Morgan fingerprint density at radius 1 is 1.47 bits per heavy atom. The van der Waals surface area contributed by atoms with E-state index in [1.807, 2.05) is 30.5 Å². The maximum atomic E-state index is 11.4. The van der Waals surface area contributed by atoms with Crippen molar-refractivity contribution in [3.63, 3.8) is 0 Å². The number of rotatable bonds is 5. The number of para-hydroxylation sites is 1. The Bertz CT molecular complexity index is 545. The van der Waals surface area contributed by atoms with Crippen LogP contribution in [0.3, 0.4) is 0 Å². The molecule has 2 N–H and O–H groups in total. The first-order valence-electron chi connectivity index (χ1n) is 5.47. The molecule has 4 heteroatoms. The number of aromatic amines is 1. The summed E-state index contributed by atoms with van der Waals surface area (Å²) in [4.78, 5) is 25.0. The average molecular weight is 230 g/mol. The van der Waals surface area contributed by atoms with Gasteiger partial charge >= 0.3 is 0 Å². The summed E-state index contributed by atoms with van der Waals surface area (Å²) in [6.45, 7) is 1.48. The summed E-state index contributed by atoms with van der Waals surface area (Å²) in [5, 5.41) is 3.63. The van der Waals surface area contributed by atoms with Gasteiger partial charge in [-0.2, -0.15) is 0 Å². The number of fused-ring (bicyclic) bond motifs is 1. The van der Waals surface area contributed by atoms with Gasteiger partial charge in [-0.3, -0.25) is 9.59 Å². The fourth-order valence-corrected chi connectivity index (χ4v) is 1.92. The SMILES string of the molecule is CC(=O)[C@H](Cc1c[nH]c2ccccc12)NC=O. The van der Waals surface area contributed by atoms with Crippen molar-refractivity contribution < 1.29 is 9.59 Å². The zero-order chi connectivity index (χ0) is 12.3. The minimum Gasteiger partial charge on any atom is -0.361 e. The molecule has 0 fully saturated rings. The van der Waals surface area contributed by atoms with Crippen LogP contribution in [0.1, 0.15) is 12.5 Å². The van der Waals surface area contributed by atoms with E-state index in [-0.39, 0.29) is 5.78 Å². The van der Waals surface area contributed by atoms with Gasteiger partial charge in [0, 0.05) is 23.5 Å². The molecule has 2 aromatic rings. The number of carbonyl (C=O) groups is 2. The molecule has 4 nitrogen and oxygen atoms in total. The molecular weight excluding hydrogens is 216 g/mol. The summed E-state index contributed by atoms with van der Waals surface area (Å²) in [5.41, 5.74) is 2.08. The van der Waals surface area contributed by atoms with Crippen molar-refractivity contribution in [2.24, 2.45) is 0 Å². The molecule has 0 bridgehead atoms. The van der Waals surface area contributed by atoms with Crippen LogP contribution < -0.4 is 5.32 Å². The number of ketones is 1. The summed E-state index contributed by atoms with van der Waals surface area (Å²) < 4.78 is 0. The lowest BCUT2D eigenvalue weighted by atomic mass is 10.0. The highest BCUT2D eigenvalue weighted by atomic mass is 16.1. The molecule has 0 saturated heterocycles. The number of aromatic nitrogens is 1. The van der Waals surface area contributed by atoms with Crippen LogP contribution in [0.15, 0.2) is 30.5 Å². The van der Waals surface area contributed by atoms with Crippen molar-refractivity contribution in [1.29, 1.82) is 0 Å². The minimum atomic E-state index is -0.452. The zero-order valence-corrected chi connectivity index (χ0v) is 9.57. The second kappa shape index (κ2) is 4.82. The first kappa shape index (κ1) is 11.4. The van der Waals surface area contributed by atoms with Crippen LogP contribution in [0.2, 0.25) is 0 Å². The van der Waals surface area contributed by atoms with Crippen LogP contribution in [0.4, 0.5) is 0 Å². The minimum absolute atomic E-state index is 0.0395. The molecule has 17 heavy (non-hydrogen) atoms. The molecule has 0 unspecified atom stereocenters. The summed E-state index contributed by atoms with van der Waals surface area (Å²) in [6, 6.07) is 7.44. The molecule has 0 saturated carbocycles. The molecule has 1 heterocycles. The predicted molar refractivity (Wildman–Crippen MR) is 65.7 cm³/mol. The fraction of sp³-hybridized carbons (Fsp3) is 0.231. The van der Waals surface area contributed by atoms with Gasteiger partial charge in [0.15, 0.2) is 5.78 Å². The van der Waals surface area contributed by atoms with Crippen molar-refractivity contribution in [3.05, 3.63) is 36.0 Å². The first-order chi connectivity index (χ1) is 8.22. The number of benzene rings is 1. The second-order valence-corrected chi connectivity index (χ2v) is 4.01. The summed E-state index contributed by atoms with van der Waals surface area (Å²) in [7, 11) is 0. The van der Waals surface area contributed by atoms with Gasteiger partial charge in [-0.05, 0) is 18.6 Å². The molecule has 2 rings (SSSR count). The number of amides is 1. The molecule has 0 aliphatic rings. The third kappa shape index (κ3) is 2.36. The van der Waals surface area contributed by atoms with Crippen LogP contribution in [0.5, 0.6) is 0 Å². The Labute approximate surface area is 99.0 Å². The molecule has 1 atom stereocenters. The standard InChI is InChI=1S/C13H14N2O2/c1-9(17)13(15-8-16)6-10-7-14-12-5-3-2-4-11(10)12/h2-5,7-8,13-14H,6H2,1H3,(H,15,16)/t13-/m0/s1. The lowest BCUT2D eigenvalue weighted by molar-refractivity contribution is -0.121. The van der Waals surface area contributed by atoms with E-state index in [9.17, 15) is 9.59 Å². The fourth-order valence-electron chi connectivity index (χ4n) is 1.92. The van der Waals surface area contributed by atoms with Gasteiger partial charge in [0.1, 0.15) is 0 Å². The second-order valence-electron chi connectivity index (χ2n) is 4.01. The van der Waals surface area contributed by atoms with Crippen molar-refractivity contribution in [2.75, 3.05) is 0 Å². The van der Waals surface area contributed by atoms with Crippen LogP contribution >= 0.6 is 0 Å². The van der Waals surface area contributed by atoms with E-state index < -0.39 is 6.04 Å². The molecule has 88 valence electrons. The Hall–Kier alpha value is -2.10. The van der Waals surface area contributed by atoms with E-state index >= 15 is 0 Å². The first-order valence-corrected chi connectivity index (χ1v) is 5.47. The number of Topliss-reactive ketones (excluding diaryl/α,β-unsaturated/α-hetero) is 1. The van der Waals surface area contributed by atoms with Gasteiger partial charge in [0.25, 0.3) is 0 Å². The van der Waals surface area contributed by atoms with E-state index in [0.29, 0.717) is 12.8 Å². The maximum absolute atomic E-state index is 11.4. The van der Waals surface area contributed by atoms with Gasteiger partial charge in [-0.1, -0.05) is 18.2 Å². The van der Waals surface area contributed by atoms with E-state index in [1.165, 1.54) is 6.92 Å². The molecule has 1 aromatic heterocycles. The van der Waals surface area contributed by atoms with E-state index in [2.05, 4.69) is 10.3 Å². The van der Waals surface area contributed by atoms with E-state index in [4.69, 9.17) is 0 Å². The summed E-state index contributed by atoms with van der Waals surface area (Å²) in [6.07, 6.45) is 2.96. The van der Waals surface area contributed by atoms with E-state index in [0.717, 1.165) is 16.5 Å². The Morgan fingerprint density at radius 2 is 2.24 bits per heavy atom. The van der Waals surface area contributed by atoms with Gasteiger partial charge in [-0.15, -0.1) is 0 Å². The largest absolute Gasteiger partial charge is 0.361 e. The molecular formula is C13H14N2O2. The Balaban J connectivity index is 2.28. The van der Waals surface area contributed by atoms with Crippen LogP contribution in [-0.4, -0.2) is 23.2 Å². The van der Waals surface area contributed by atoms with Crippen molar-refractivity contribution >= 4 is 23.1 Å². The van der Waals surface area contributed by atoms with Gasteiger partial charge in [0.05, 0.1) is 6.04 Å². The molecule has 0 radical (unpaired) electrons. The number of nitrogens with one attached hydrogen (secondary N) is 2. The topological polar surface area (TPSA) is 62.0 Å². The lowest BCUT2D eigenvalue weighted by Gasteiger charge is -2.11. The third-order valence-electron chi connectivity index (χ3n) is 2.86. The molecule has 0 spiro atoms. The summed E-state index contributed by atoms with van der Waals surface area (Å²) >= 11 is 0. The van der Waals surface area contributed by atoms with Crippen LogP contribution in [-0.2, 0) is 16.0 Å². The van der Waals surface area contributed by atoms with Crippen molar-refractivity contribution in [1.82, 2.24) is 10.3 Å². The zero-order valence-electron chi connectivity index (χ0n) is 9.57. The normalized spacial score (nSPS) is 12.3. The smallest absolute Gasteiger partial charge is 0.207 e. The number of hydrogen-bond acceptors (Lipinski definition) is 2. The van der Waals surface area contributed by atoms with E-state index in [1.54, 1.807) is 0 Å². The van der Waals surface area contributed by atoms with Gasteiger partial charge in [-0.25, -0.2) is 0 Å². The third-order valence-corrected chi connectivity index (χ3v) is 2.86. The number of carbonyl (C=O) groups excluding carboxylic acids is 2. The van der Waals surface area contributed by atoms with Gasteiger partial charge in [0.2, 0.25) is 6.41 Å². The van der Waals surface area contributed by atoms with Crippen LogP contribution in [0, 0.1) is 0 Å². The highest BCUT2D eigenvalue weighted by Crippen LogP contribution is 2.19. The molecule has 0 aliphatic heterocycles. The quantitative estimate of drug-likeness (QED) is 0.763. The monoisotopic (exact) mass is 230 g/mol. The van der Waals surface area contributed by atoms with Crippen molar-refractivity contribution in [2.45, 2.75) is 19.4 Å². The van der Waals surface area contributed by atoms with Gasteiger partial charge < -0.3 is 10.3 Å². The Kier molecular flexibility index (Phi) is 3.23. The van der Waals surface area contributed by atoms with Crippen molar-refractivity contribution in [3.8, 4) is 0 Å². The molecule has 1 amide bonds. The molecule has 1 aromatic carbocycles. The average Bonchev–Trinajstić information content (AvgIpc) is 2.72. The molecule has 0 aliphatic carbocycles. The predicted octanol–water partition coefficient (Wildman–Crippen LogP) is 1.41. The Morgan fingerprint density at radius 3 is 2.94 bits per heavy atom. The maximum Gasteiger partial charge on any atom is 0.207 e. The highest BCUT2D eigenvalue weighted by molar-refractivity contribution is 5.87. The lowest BCUT2D eigenvalue weighted by Crippen LogP contribution is -2.36. The summed E-state index contributed by atoms with van der Waals surface area (Å²) in [5.74, 6) is -0.0395. The van der Waals surface area contributed by atoms with Crippen LogP contribution in [0.25, 0.3) is 10.9 Å². The number of hydrogen-bond donors (Lipinski definition) is 2. The highest BCUT2D eigenvalue weighted by Gasteiger charge is 2.15. The number of H-pyrrole nitrogens is 1.